The van der Waals surface area contributed by atoms with Crippen molar-refractivity contribution in [2.45, 2.75) is 38.1 Å². The number of hydrogen-bond acceptors (Lipinski definition) is 1. The first-order valence-electron chi connectivity index (χ1n) is 6.10. The second-order valence-electron chi connectivity index (χ2n) is 5.06. The molecule has 2 nitrogen and oxygen atoms in total. The van der Waals surface area contributed by atoms with Crippen LogP contribution >= 0.6 is 0 Å². The van der Waals surface area contributed by atoms with Crippen molar-refractivity contribution >= 4 is 10.9 Å². The van der Waals surface area contributed by atoms with Crippen molar-refractivity contribution in [1.82, 2.24) is 4.98 Å². The molecular formula is C14H18N2. The standard InChI is InChI=1S/C14H18N2/c1-9(15)7-11-3-2-4-13-12(11)8-14(16-13)10-5-6-10/h2-4,8-10,16H,5-7,15H2,1H3. The third kappa shape index (κ3) is 1.74. The third-order valence-corrected chi connectivity index (χ3v) is 3.33. The summed E-state index contributed by atoms with van der Waals surface area (Å²) in [6.45, 7) is 2.06. The van der Waals surface area contributed by atoms with Gasteiger partial charge in [-0.1, -0.05) is 12.1 Å². The highest BCUT2D eigenvalue weighted by Gasteiger charge is 2.25. The van der Waals surface area contributed by atoms with E-state index in [4.69, 9.17) is 5.73 Å². The van der Waals surface area contributed by atoms with Gasteiger partial charge in [-0.15, -0.1) is 0 Å². The van der Waals surface area contributed by atoms with E-state index < -0.39 is 0 Å². The first-order chi connectivity index (χ1) is 7.74. The Hall–Kier alpha value is -1.28. The van der Waals surface area contributed by atoms with E-state index >= 15 is 0 Å². The van der Waals surface area contributed by atoms with Crippen LogP contribution in [0.4, 0.5) is 0 Å². The Kier molecular flexibility index (Phi) is 2.25. The van der Waals surface area contributed by atoms with Gasteiger partial charge in [0, 0.05) is 22.6 Å². The van der Waals surface area contributed by atoms with Gasteiger partial charge in [0.2, 0.25) is 0 Å². The third-order valence-electron chi connectivity index (χ3n) is 3.33. The maximum atomic E-state index is 5.88. The molecule has 1 fully saturated rings. The molecule has 1 aliphatic rings. The smallest absolute Gasteiger partial charge is 0.0458 e. The zero-order valence-electron chi connectivity index (χ0n) is 9.66. The molecule has 0 saturated heterocycles. The normalized spacial score (nSPS) is 17.9. The largest absolute Gasteiger partial charge is 0.358 e. The lowest BCUT2D eigenvalue weighted by Crippen LogP contribution is -2.17. The van der Waals surface area contributed by atoms with Crippen LogP contribution in [-0.4, -0.2) is 11.0 Å². The predicted molar refractivity (Wildman–Crippen MR) is 67.6 cm³/mol. The second kappa shape index (κ2) is 3.63. The van der Waals surface area contributed by atoms with Gasteiger partial charge in [-0.2, -0.15) is 0 Å². The van der Waals surface area contributed by atoms with E-state index in [1.807, 2.05) is 0 Å². The fourth-order valence-electron chi connectivity index (χ4n) is 2.38. The molecule has 1 atom stereocenters. The van der Waals surface area contributed by atoms with Crippen LogP contribution in [0.3, 0.4) is 0 Å². The van der Waals surface area contributed by atoms with Gasteiger partial charge in [0.15, 0.2) is 0 Å². The fraction of sp³-hybridized carbons (Fsp3) is 0.429. The molecule has 0 amide bonds. The highest BCUT2D eigenvalue weighted by molar-refractivity contribution is 5.84. The second-order valence-corrected chi connectivity index (χ2v) is 5.06. The van der Waals surface area contributed by atoms with Crippen LogP contribution in [0.5, 0.6) is 0 Å². The molecule has 16 heavy (non-hydrogen) atoms. The summed E-state index contributed by atoms with van der Waals surface area (Å²) in [7, 11) is 0. The summed E-state index contributed by atoms with van der Waals surface area (Å²) in [4.78, 5) is 3.53. The first kappa shape index (κ1) is 9.91. The summed E-state index contributed by atoms with van der Waals surface area (Å²) in [6, 6.07) is 9.02. The number of H-pyrrole nitrogens is 1. The molecule has 1 unspecified atom stereocenters. The van der Waals surface area contributed by atoms with Crippen molar-refractivity contribution in [2.75, 3.05) is 0 Å². The molecule has 0 spiro atoms. The van der Waals surface area contributed by atoms with Crippen molar-refractivity contribution in [2.24, 2.45) is 5.73 Å². The molecule has 1 aromatic carbocycles. The van der Waals surface area contributed by atoms with Gasteiger partial charge in [0.05, 0.1) is 0 Å². The van der Waals surface area contributed by atoms with Crippen molar-refractivity contribution in [1.29, 1.82) is 0 Å². The maximum absolute atomic E-state index is 5.88. The minimum atomic E-state index is 0.227. The Balaban J connectivity index is 2.06. The van der Waals surface area contributed by atoms with E-state index in [-0.39, 0.29) is 6.04 Å². The van der Waals surface area contributed by atoms with Gasteiger partial charge >= 0.3 is 0 Å². The van der Waals surface area contributed by atoms with E-state index in [9.17, 15) is 0 Å². The number of aromatic amines is 1. The number of rotatable bonds is 3. The SMILES string of the molecule is CC(N)Cc1cccc2[nH]c(C3CC3)cc12. The summed E-state index contributed by atoms with van der Waals surface area (Å²) in [5.74, 6) is 0.788. The lowest BCUT2D eigenvalue weighted by Gasteiger charge is -2.05. The average molecular weight is 214 g/mol. The summed E-state index contributed by atoms with van der Waals surface area (Å²) >= 11 is 0. The molecule has 1 saturated carbocycles. The van der Waals surface area contributed by atoms with Gasteiger partial charge in [-0.25, -0.2) is 0 Å². The van der Waals surface area contributed by atoms with Crippen LogP contribution in [0, 0.1) is 0 Å². The Morgan fingerprint density at radius 1 is 1.44 bits per heavy atom. The van der Waals surface area contributed by atoms with Crippen LogP contribution < -0.4 is 5.73 Å². The van der Waals surface area contributed by atoms with Crippen molar-refractivity contribution in [3.05, 3.63) is 35.5 Å². The Morgan fingerprint density at radius 2 is 2.25 bits per heavy atom. The molecule has 1 heterocycles. The van der Waals surface area contributed by atoms with Gasteiger partial charge < -0.3 is 10.7 Å². The molecule has 1 aromatic heterocycles. The number of benzene rings is 1. The number of nitrogens with two attached hydrogens (primary N) is 1. The average Bonchev–Trinajstić information content (AvgIpc) is 2.98. The molecule has 2 aromatic rings. The van der Waals surface area contributed by atoms with Crippen LogP contribution in [0.1, 0.15) is 36.9 Å². The van der Waals surface area contributed by atoms with E-state index in [0.29, 0.717) is 0 Å². The van der Waals surface area contributed by atoms with E-state index in [1.54, 1.807) is 0 Å². The zero-order valence-corrected chi connectivity index (χ0v) is 9.66. The summed E-state index contributed by atoms with van der Waals surface area (Å²) in [6.07, 6.45) is 3.64. The first-order valence-corrected chi connectivity index (χ1v) is 6.10. The highest BCUT2D eigenvalue weighted by atomic mass is 14.7. The Bertz CT molecular complexity index is 506. The minimum absolute atomic E-state index is 0.227. The highest BCUT2D eigenvalue weighted by Crippen LogP contribution is 2.40. The van der Waals surface area contributed by atoms with Gasteiger partial charge in [0.25, 0.3) is 0 Å². The van der Waals surface area contributed by atoms with Crippen LogP contribution in [0.15, 0.2) is 24.3 Å². The molecule has 1 aliphatic carbocycles. The molecule has 3 N–H and O–H groups in total. The van der Waals surface area contributed by atoms with Crippen molar-refractivity contribution in [3.8, 4) is 0 Å². The summed E-state index contributed by atoms with van der Waals surface area (Å²) in [5, 5.41) is 1.36. The number of aromatic nitrogens is 1. The summed E-state index contributed by atoms with van der Waals surface area (Å²) in [5.41, 5.74) is 9.93. The molecule has 3 rings (SSSR count). The molecule has 0 aliphatic heterocycles. The Morgan fingerprint density at radius 3 is 2.94 bits per heavy atom. The van der Waals surface area contributed by atoms with Crippen molar-refractivity contribution in [3.63, 3.8) is 0 Å². The molecule has 0 radical (unpaired) electrons. The van der Waals surface area contributed by atoms with E-state index in [1.165, 1.54) is 35.0 Å². The predicted octanol–water partition coefficient (Wildman–Crippen LogP) is 2.94. The van der Waals surface area contributed by atoms with E-state index in [0.717, 1.165) is 12.3 Å². The zero-order chi connectivity index (χ0) is 11.1. The van der Waals surface area contributed by atoms with Gasteiger partial charge in [-0.05, 0) is 49.8 Å². The van der Waals surface area contributed by atoms with Crippen molar-refractivity contribution < 1.29 is 0 Å². The lowest BCUT2D eigenvalue weighted by molar-refractivity contribution is 0.742. The van der Waals surface area contributed by atoms with Crippen LogP contribution in [0.2, 0.25) is 0 Å². The van der Waals surface area contributed by atoms with Gasteiger partial charge in [0.1, 0.15) is 0 Å². The monoisotopic (exact) mass is 214 g/mol. The quantitative estimate of drug-likeness (QED) is 0.810. The van der Waals surface area contributed by atoms with Crippen LogP contribution in [-0.2, 0) is 6.42 Å². The number of fused-ring (bicyclic) bond motifs is 1. The molecular weight excluding hydrogens is 196 g/mol. The topological polar surface area (TPSA) is 41.8 Å². The molecule has 0 bridgehead atoms. The maximum Gasteiger partial charge on any atom is 0.0458 e. The number of nitrogens with one attached hydrogen (secondary N) is 1. The fourth-order valence-corrected chi connectivity index (χ4v) is 2.38. The number of hydrogen-bond donors (Lipinski definition) is 2. The Labute approximate surface area is 95.8 Å². The van der Waals surface area contributed by atoms with Gasteiger partial charge in [-0.3, -0.25) is 0 Å². The van der Waals surface area contributed by atoms with Crippen LogP contribution in [0.25, 0.3) is 10.9 Å². The molecule has 84 valence electrons. The summed E-state index contributed by atoms with van der Waals surface area (Å²) < 4.78 is 0. The minimum Gasteiger partial charge on any atom is -0.358 e. The lowest BCUT2D eigenvalue weighted by atomic mass is 10.0. The van der Waals surface area contributed by atoms with E-state index in [2.05, 4.69) is 36.2 Å². The molecule has 2 heteroatoms.